The maximum atomic E-state index is 11.1. The molecule has 4 heteroatoms. The van der Waals surface area contributed by atoms with Crippen molar-refractivity contribution in [1.29, 1.82) is 0 Å². The highest BCUT2D eigenvalue weighted by Crippen LogP contribution is 2.26. The third kappa shape index (κ3) is 2.13. The molecule has 3 nitrogen and oxygen atoms in total. The molecule has 1 atom stereocenters. The van der Waals surface area contributed by atoms with E-state index in [0.29, 0.717) is 12.3 Å². The van der Waals surface area contributed by atoms with E-state index in [9.17, 15) is 4.79 Å². The lowest BCUT2D eigenvalue weighted by atomic mass is 10.0. The predicted molar refractivity (Wildman–Crippen MR) is 61.0 cm³/mol. The average molecular weight is 225 g/mol. The van der Waals surface area contributed by atoms with Crippen molar-refractivity contribution in [3.05, 3.63) is 29.3 Å². The number of hydrogen-bond donors (Lipinski definition) is 2. The Balaban J connectivity index is 2.23. The molecule has 0 saturated heterocycles. The third-order valence-corrected chi connectivity index (χ3v) is 2.82. The quantitative estimate of drug-likeness (QED) is 0.770. The Morgan fingerprint density at radius 3 is 3.07 bits per heavy atom. The minimum absolute atomic E-state index is 0.0384. The number of nitrogens with one attached hydrogen (secondary N) is 1. The second kappa shape index (κ2) is 4.21. The smallest absolute Gasteiger partial charge is 0.228 e. The highest BCUT2D eigenvalue weighted by atomic mass is 35.5. The molecule has 1 amide bonds. The molecule has 3 N–H and O–H groups in total. The highest BCUT2D eigenvalue weighted by Gasteiger charge is 2.18. The number of fused-ring (bicyclic) bond motifs is 1. The summed E-state index contributed by atoms with van der Waals surface area (Å²) >= 11 is 5.64. The molecule has 1 aliphatic heterocycles. The normalized spacial score (nSPS) is 16.0. The zero-order valence-electron chi connectivity index (χ0n) is 8.29. The van der Waals surface area contributed by atoms with Crippen LogP contribution in [0.5, 0.6) is 0 Å². The monoisotopic (exact) mass is 224 g/mol. The van der Waals surface area contributed by atoms with E-state index in [0.717, 1.165) is 23.2 Å². The van der Waals surface area contributed by atoms with Gasteiger partial charge in [-0.2, -0.15) is 0 Å². The molecule has 1 aromatic carbocycles. The van der Waals surface area contributed by atoms with E-state index in [2.05, 4.69) is 5.32 Å². The topological polar surface area (TPSA) is 55.1 Å². The Kier molecular flexibility index (Phi) is 2.93. The summed E-state index contributed by atoms with van der Waals surface area (Å²) in [6, 6.07) is 5.80. The number of rotatable bonds is 3. The van der Waals surface area contributed by atoms with Gasteiger partial charge in [0.2, 0.25) is 5.91 Å². The van der Waals surface area contributed by atoms with Crippen LogP contribution in [0.25, 0.3) is 0 Å². The number of carbonyl (C=O) groups excluding carboxylic acids is 1. The Morgan fingerprint density at radius 2 is 2.33 bits per heavy atom. The van der Waals surface area contributed by atoms with E-state index in [1.54, 1.807) is 0 Å². The summed E-state index contributed by atoms with van der Waals surface area (Å²) in [5.41, 5.74) is 8.93. The van der Waals surface area contributed by atoms with Crippen molar-refractivity contribution in [2.24, 2.45) is 5.73 Å². The van der Waals surface area contributed by atoms with Gasteiger partial charge in [-0.05, 0) is 23.6 Å². The molecule has 1 aromatic rings. The first-order chi connectivity index (χ1) is 7.20. The summed E-state index contributed by atoms with van der Waals surface area (Å²) in [7, 11) is 0. The van der Waals surface area contributed by atoms with Gasteiger partial charge in [-0.15, -0.1) is 11.6 Å². The number of hydrogen-bond acceptors (Lipinski definition) is 2. The predicted octanol–water partition coefficient (Wildman–Crippen LogP) is 1.81. The Bertz CT molecular complexity index is 392. The van der Waals surface area contributed by atoms with Crippen LogP contribution in [0.15, 0.2) is 18.2 Å². The Morgan fingerprint density at radius 1 is 1.53 bits per heavy atom. The van der Waals surface area contributed by atoms with Gasteiger partial charge in [0, 0.05) is 17.6 Å². The third-order valence-electron chi connectivity index (χ3n) is 2.60. The van der Waals surface area contributed by atoms with Gasteiger partial charge in [0.15, 0.2) is 0 Å². The lowest BCUT2D eigenvalue weighted by Crippen LogP contribution is -2.10. The number of carbonyl (C=O) groups is 1. The van der Waals surface area contributed by atoms with E-state index in [-0.39, 0.29) is 11.9 Å². The lowest BCUT2D eigenvalue weighted by molar-refractivity contribution is -0.115. The Hall–Kier alpha value is -1.06. The molecule has 2 rings (SSSR count). The molecule has 80 valence electrons. The maximum Gasteiger partial charge on any atom is 0.228 e. The number of halogens is 1. The second-order valence-electron chi connectivity index (χ2n) is 3.73. The minimum atomic E-state index is -0.0384. The molecule has 15 heavy (non-hydrogen) atoms. The van der Waals surface area contributed by atoms with E-state index in [1.165, 1.54) is 0 Å². The second-order valence-corrected chi connectivity index (χ2v) is 4.10. The van der Waals surface area contributed by atoms with Crippen molar-refractivity contribution in [2.45, 2.75) is 18.9 Å². The number of nitrogens with two attached hydrogens (primary N) is 1. The van der Waals surface area contributed by atoms with Gasteiger partial charge in [0.05, 0.1) is 6.42 Å². The molecule has 0 radical (unpaired) electrons. The average Bonchev–Trinajstić information content (AvgIpc) is 2.57. The molecular weight excluding hydrogens is 212 g/mol. The molecule has 0 aromatic heterocycles. The maximum absolute atomic E-state index is 11.1. The van der Waals surface area contributed by atoms with Crippen LogP contribution in [0.1, 0.15) is 23.6 Å². The van der Waals surface area contributed by atoms with Crippen molar-refractivity contribution in [1.82, 2.24) is 0 Å². The van der Waals surface area contributed by atoms with E-state index in [1.807, 2.05) is 18.2 Å². The molecular formula is C11H13ClN2O. The first-order valence-electron chi connectivity index (χ1n) is 4.95. The molecule has 0 fully saturated rings. The molecule has 1 unspecified atom stereocenters. The van der Waals surface area contributed by atoms with Gasteiger partial charge >= 0.3 is 0 Å². The van der Waals surface area contributed by atoms with Gasteiger partial charge in [-0.1, -0.05) is 12.1 Å². The summed E-state index contributed by atoms with van der Waals surface area (Å²) in [5.74, 6) is 0.600. The van der Waals surface area contributed by atoms with Crippen molar-refractivity contribution >= 4 is 23.2 Å². The van der Waals surface area contributed by atoms with Gasteiger partial charge in [-0.25, -0.2) is 0 Å². The van der Waals surface area contributed by atoms with Crippen molar-refractivity contribution in [2.75, 3.05) is 11.2 Å². The van der Waals surface area contributed by atoms with Crippen LogP contribution in [-0.2, 0) is 11.2 Å². The zero-order valence-corrected chi connectivity index (χ0v) is 9.05. The van der Waals surface area contributed by atoms with Crippen LogP contribution in [-0.4, -0.2) is 11.8 Å². The highest BCUT2D eigenvalue weighted by molar-refractivity contribution is 6.17. The van der Waals surface area contributed by atoms with Gasteiger partial charge in [-0.3, -0.25) is 4.79 Å². The summed E-state index contributed by atoms with van der Waals surface area (Å²) in [4.78, 5) is 11.1. The standard InChI is InChI=1S/C11H13ClN2O/c12-4-3-9(13)7-1-2-10-8(5-7)6-11(15)14-10/h1-2,5,9H,3-4,6,13H2,(H,14,15). The van der Waals surface area contributed by atoms with E-state index in [4.69, 9.17) is 17.3 Å². The fourth-order valence-corrected chi connectivity index (χ4v) is 2.00. The first kappa shape index (κ1) is 10.5. The lowest BCUT2D eigenvalue weighted by Gasteiger charge is -2.11. The van der Waals surface area contributed by atoms with Crippen LogP contribution in [0, 0.1) is 0 Å². The molecule has 1 aliphatic rings. The fourth-order valence-electron chi connectivity index (χ4n) is 1.76. The Labute approximate surface area is 93.6 Å². The summed E-state index contributed by atoms with van der Waals surface area (Å²) in [6.07, 6.45) is 1.21. The fraction of sp³-hybridized carbons (Fsp3) is 0.364. The largest absolute Gasteiger partial charge is 0.326 e. The molecule has 0 spiro atoms. The number of anilines is 1. The van der Waals surface area contributed by atoms with E-state index >= 15 is 0 Å². The molecule has 0 aliphatic carbocycles. The van der Waals surface area contributed by atoms with Gasteiger partial charge in [0.1, 0.15) is 0 Å². The molecule has 0 bridgehead atoms. The van der Waals surface area contributed by atoms with Crippen molar-refractivity contribution < 1.29 is 4.79 Å². The number of benzene rings is 1. The van der Waals surface area contributed by atoms with Crippen LogP contribution < -0.4 is 11.1 Å². The summed E-state index contributed by atoms with van der Waals surface area (Å²) in [6.45, 7) is 0. The zero-order chi connectivity index (χ0) is 10.8. The summed E-state index contributed by atoms with van der Waals surface area (Å²) in [5, 5.41) is 2.79. The first-order valence-corrected chi connectivity index (χ1v) is 5.48. The van der Waals surface area contributed by atoms with Crippen molar-refractivity contribution in [3.8, 4) is 0 Å². The summed E-state index contributed by atoms with van der Waals surface area (Å²) < 4.78 is 0. The molecule has 1 heterocycles. The minimum Gasteiger partial charge on any atom is -0.326 e. The SMILES string of the molecule is NC(CCCl)c1ccc2c(c1)CC(=O)N2. The van der Waals surface area contributed by atoms with Crippen LogP contribution in [0.2, 0.25) is 0 Å². The van der Waals surface area contributed by atoms with Gasteiger partial charge < -0.3 is 11.1 Å². The van der Waals surface area contributed by atoms with Crippen LogP contribution >= 0.6 is 11.6 Å². The van der Waals surface area contributed by atoms with Crippen LogP contribution in [0.3, 0.4) is 0 Å². The number of amides is 1. The van der Waals surface area contributed by atoms with Gasteiger partial charge in [0.25, 0.3) is 0 Å². The number of alkyl halides is 1. The molecule has 0 saturated carbocycles. The van der Waals surface area contributed by atoms with Crippen molar-refractivity contribution in [3.63, 3.8) is 0 Å². The van der Waals surface area contributed by atoms with E-state index < -0.39 is 0 Å². The van der Waals surface area contributed by atoms with Crippen LogP contribution in [0.4, 0.5) is 5.69 Å².